The molecule has 0 aliphatic rings. The SMILES string of the molecule is Cc1cc(C)c([PH+](CC=[B-](c2c(F)c(F)c(F)c(F)c2F)c2c(F)c(F)c(F)c(F)c2F)c2c(C)cc(C)cc2C)c(C)c1. The Morgan fingerprint density at radius 1 is 0.455 bits per heavy atom. The highest BCUT2D eigenvalue weighted by Crippen LogP contribution is 2.38. The number of rotatable bonds is 6. The second-order valence-corrected chi connectivity index (χ2v) is 13.3. The lowest BCUT2D eigenvalue weighted by Gasteiger charge is -2.26. The fourth-order valence-electron chi connectivity index (χ4n) is 6.05. The van der Waals surface area contributed by atoms with E-state index in [1.54, 1.807) is 0 Å². The van der Waals surface area contributed by atoms with Gasteiger partial charge in [-0.05, 0) is 63.8 Å². The third-order valence-electron chi connectivity index (χ3n) is 7.62. The normalized spacial score (nSPS) is 11.5. The van der Waals surface area contributed by atoms with E-state index in [0.29, 0.717) is 0 Å². The summed E-state index contributed by atoms with van der Waals surface area (Å²) >= 11 is 0. The summed E-state index contributed by atoms with van der Waals surface area (Å²) in [5.41, 5.74) is 1.63. The Balaban J connectivity index is 2.14. The van der Waals surface area contributed by atoms with E-state index < -0.39 is 83.4 Å². The van der Waals surface area contributed by atoms with E-state index in [9.17, 15) is 26.3 Å². The predicted octanol–water partition coefficient (Wildman–Crippen LogP) is 6.79. The third kappa shape index (κ3) is 5.71. The second-order valence-electron chi connectivity index (χ2n) is 10.9. The number of hydrogen-bond donors (Lipinski definition) is 0. The van der Waals surface area contributed by atoms with Crippen molar-refractivity contribution in [1.29, 1.82) is 0 Å². The molecule has 0 heterocycles. The zero-order valence-corrected chi connectivity index (χ0v) is 25.5. The van der Waals surface area contributed by atoms with Gasteiger partial charge in [0, 0.05) is 6.16 Å². The van der Waals surface area contributed by atoms with Crippen LogP contribution in [0.4, 0.5) is 43.9 Å². The number of benzene rings is 4. The van der Waals surface area contributed by atoms with Crippen molar-refractivity contribution in [3.63, 3.8) is 0 Å². The molecule has 0 nitrogen and oxygen atoms in total. The largest absolute Gasteiger partial charge is 0.243 e. The maximum Gasteiger partial charge on any atom is 0.200 e. The molecule has 0 N–H and O–H groups in total. The molecule has 0 radical (unpaired) electrons. The van der Waals surface area contributed by atoms with Crippen LogP contribution in [0.3, 0.4) is 0 Å². The molecule has 0 bridgehead atoms. The number of halogens is 10. The fourth-order valence-corrected chi connectivity index (χ4v) is 9.37. The van der Waals surface area contributed by atoms with E-state index in [4.69, 9.17) is 0 Å². The molecule has 0 spiro atoms. The zero-order valence-electron chi connectivity index (χ0n) is 24.5. The summed E-state index contributed by atoms with van der Waals surface area (Å²) in [6, 6.07) is 7.55. The number of aryl methyl sites for hydroxylation is 6. The van der Waals surface area contributed by atoms with Crippen LogP contribution < -0.4 is 21.5 Å². The van der Waals surface area contributed by atoms with Crippen molar-refractivity contribution in [1.82, 2.24) is 0 Å². The van der Waals surface area contributed by atoms with Crippen LogP contribution >= 0.6 is 7.92 Å². The first kappa shape index (κ1) is 33.4. The Morgan fingerprint density at radius 3 is 0.977 bits per heavy atom. The summed E-state index contributed by atoms with van der Waals surface area (Å²) in [5, 5.41) is 1.61. The van der Waals surface area contributed by atoms with Crippen LogP contribution in [0.5, 0.6) is 0 Å². The zero-order chi connectivity index (χ0) is 32.9. The average molecular weight is 642 g/mol. The van der Waals surface area contributed by atoms with Gasteiger partial charge >= 0.3 is 0 Å². The van der Waals surface area contributed by atoms with Crippen LogP contribution in [0.15, 0.2) is 24.3 Å². The minimum absolute atomic E-state index is 0.260. The first-order chi connectivity index (χ1) is 20.5. The van der Waals surface area contributed by atoms with Gasteiger partial charge in [0.15, 0.2) is 34.9 Å². The van der Waals surface area contributed by atoms with E-state index in [0.717, 1.165) is 50.0 Å². The topological polar surface area (TPSA) is 0 Å². The summed E-state index contributed by atoms with van der Waals surface area (Å²) < 4.78 is 146. The Hall–Kier alpha value is -3.46. The van der Waals surface area contributed by atoms with Crippen LogP contribution in [-0.4, -0.2) is 18.5 Å². The van der Waals surface area contributed by atoms with Gasteiger partial charge in [0.05, 0.1) is 7.92 Å². The van der Waals surface area contributed by atoms with Gasteiger partial charge in [0.1, 0.15) is 33.9 Å². The van der Waals surface area contributed by atoms with Gasteiger partial charge < -0.3 is 0 Å². The molecular weight excluding hydrogens is 616 g/mol. The molecule has 4 aromatic rings. The molecule has 0 aromatic heterocycles. The van der Waals surface area contributed by atoms with Gasteiger partial charge in [0.2, 0.25) is 0 Å². The molecule has 0 fully saturated rings. The van der Waals surface area contributed by atoms with E-state index in [2.05, 4.69) is 0 Å². The molecular formula is C32H26BF10P. The Bertz CT molecular complexity index is 1630. The molecule has 0 saturated carbocycles. The van der Waals surface area contributed by atoms with Crippen LogP contribution in [0.1, 0.15) is 33.4 Å². The van der Waals surface area contributed by atoms with Crippen molar-refractivity contribution in [2.75, 3.05) is 6.16 Å². The fraction of sp³-hybridized carbons (Fsp3) is 0.219. The predicted molar refractivity (Wildman–Crippen MR) is 157 cm³/mol. The third-order valence-corrected chi connectivity index (χ3v) is 11.1. The summed E-state index contributed by atoms with van der Waals surface area (Å²) in [5.74, 6) is -23.7. The lowest BCUT2D eigenvalue weighted by atomic mass is 9.50. The molecule has 4 aromatic carbocycles. The Morgan fingerprint density at radius 2 is 0.705 bits per heavy atom. The van der Waals surface area contributed by atoms with Crippen molar-refractivity contribution in [2.45, 2.75) is 41.5 Å². The van der Waals surface area contributed by atoms with Crippen molar-refractivity contribution >= 4 is 41.8 Å². The van der Waals surface area contributed by atoms with Gasteiger partial charge in [-0.1, -0.05) is 41.7 Å². The maximum absolute atomic E-state index is 15.2. The van der Waals surface area contributed by atoms with Gasteiger partial charge in [-0.2, -0.15) is 0 Å². The minimum atomic E-state index is -2.55. The van der Waals surface area contributed by atoms with Crippen LogP contribution in [0.25, 0.3) is 0 Å². The summed E-state index contributed by atoms with van der Waals surface area (Å²) in [4.78, 5) is 0. The van der Waals surface area contributed by atoms with E-state index in [1.807, 2.05) is 65.8 Å². The maximum atomic E-state index is 15.2. The molecule has 44 heavy (non-hydrogen) atoms. The highest BCUT2D eigenvalue weighted by Gasteiger charge is 2.31. The Labute approximate surface area is 249 Å². The highest BCUT2D eigenvalue weighted by atomic mass is 31.1. The molecule has 0 aliphatic heterocycles. The van der Waals surface area contributed by atoms with E-state index >= 15 is 17.6 Å². The van der Waals surface area contributed by atoms with Crippen molar-refractivity contribution in [3.8, 4) is 0 Å². The summed E-state index contributed by atoms with van der Waals surface area (Å²) in [7, 11) is -2.14. The van der Waals surface area contributed by atoms with Gasteiger partial charge in [-0.3, -0.25) is 0 Å². The van der Waals surface area contributed by atoms with Crippen molar-refractivity contribution < 1.29 is 43.9 Å². The first-order valence-corrected chi connectivity index (χ1v) is 15.1. The molecule has 0 amide bonds. The molecule has 0 aliphatic carbocycles. The second kappa shape index (κ2) is 12.5. The molecule has 0 saturated heterocycles. The highest BCUT2D eigenvalue weighted by molar-refractivity contribution is 7.74. The average Bonchev–Trinajstić information content (AvgIpc) is 2.94. The molecule has 232 valence electrons. The monoisotopic (exact) mass is 642 g/mol. The number of hydrogen-bond acceptors (Lipinski definition) is 0. The smallest absolute Gasteiger partial charge is 0.200 e. The van der Waals surface area contributed by atoms with Gasteiger partial charge in [-0.25, -0.2) is 49.9 Å². The van der Waals surface area contributed by atoms with Crippen molar-refractivity contribution in [3.05, 3.63) is 116 Å². The van der Waals surface area contributed by atoms with Gasteiger partial charge in [0.25, 0.3) is 0 Å². The lowest BCUT2D eigenvalue weighted by Crippen LogP contribution is -2.47. The van der Waals surface area contributed by atoms with Crippen LogP contribution in [0.2, 0.25) is 0 Å². The van der Waals surface area contributed by atoms with Crippen LogP contribution in [0, 0.1) is 99.7 Å². The summed E-state index contributed by atoms with van der Waals surface area (Å²) in [6.45, 7) is 11.0. The Kier molecular flexibility index (Phi) is 9.50. The van der Waals surface area contributed by atoms with E-state index in [1.165, 1.54) is 0 Å². The van der Waals surface area contributed by atoms with E-state index in [-0.39, 0.29) is 6.16 Å². The first-order valence-electron chi connectivity index (χ1n) is 13.4. The standard InChI is InChI=1S/C32H25BF10P/c1-13-9-15(3)31(16(4)10-13)44(32-17(5)11-14(2)12-18(32)6)8-7-33(19-21(34)25(38)29(42)26(39)22(19)35)20-23(36)27(40)30(43)28(41)24(20)37/h7,9-12H,8H2,1-6H3/q-1/p+1. The van der Waals surface area contributed by atoms with Crippen LogP contribution in [-0.2, 0) is 0 Å². The molecule has 4 rings (SSSR count). The summed E-state index contributed by atoms with van der Waals surface area (Å²) in [6.07, 6.45) is -2.81. The van der Waals surface area contributed by atoms with Gasteiger partial charge in [-0.15, -0.1) is 10.9 Å². The minimum Gasteiger partial charge on any atom is -0.243 e. The molecule has 12 heteroatoms. The van der Waals surface area contributed by atoms with Crippen molar-refractivity contribution in [2.24, 2.45) is 0 Å². The quantitative estimate of drug-likeness (QED) is 0.0716. The molecule has 0 unspecified atom stereocenters. The lowest BCUT2D eigenvalue weighted by molar-refractivity contribution is 0.382. The molecule has 0 atom stereocenters.